The van der Waals surface area contributed by atoms with E-state index in [9.17, 15) is 4.79 Å². The third-order valence-electron chi connectivity index (χ3n) is 1.67. The van der Waals surface area contributed by atoms with Gasteiger partial charge < -0.3 is 9.47 Å². The zero-order valence-electron chi connectivity index (χ0n) is 9.49. The van der Waals surface area contributed by atoms with E-state index in [1.165, 1.54) is 6.20 Å². The van der Waals surface area contributed by atoms with Crippen LogP contribution < -0.4 is 4.74 Å². The molecule has 4 nitrogen and oxygen atoms in total. The van der Waals surface area contributed by atoms with Crippen molar-refractivity contribution in [2.75, 3.05) is 6.61 Å². The molecule has 0 aliphatic carbocycles. The third-order valence-corrected chi connectivity index (χ3v) is 2.44. The zero-order valence-corrected chi connectivity index (χ0v) is 11.6. The van der Waals surface area contributed by atoms with Crippen molar-refractivity contribution in [2.45, 2.75) is 26.9 Å². The Labute approximate surface area is 108 Å². The molecule has 0 atom stereocenters. The Morgan fingerprint density at radius 1 is 1.56 bits per heavy atom. The van der Waals surface area contributed by atoms with Crippen LogP contribution in [0.3, 0.4) is 0 Å². The fourth-order valence-corrected chi connectivity index (χ4v) is 1.69. The van der Waals surface area contributed by atoms with Crippen molar-refractivity contribution in [2.24, 2.45) is 0 Å². The normalized spacial score (nSPS) is 10.3. The first-order chi connectivity index (χ1) is 7.54. The number of carbonyl (C=O) groups is 1. The average Bonchev–Trinajstić information content (AvgIpc) is 2.20. The molecule has 1 aromatic heterocycles. The third kappa shape index (κ3) is 3.62. The second-order valence-electron chi connectivity index (χ2n) is 3.40. The van der Waals surface area contributed by atoms with Crippen molar-refractivity contribution >= 4 is 28.6 Å². The molecule has 88 valence electrons. The minimum atomic E-state index is -0.358. The van der Waals surface area contributed by atoms with Crippen LogP contribution in [-0.4, -0.2) is 23.7 Å². The first-order valence-corrected chi connectivity index (χ1v) is 6.11. The van der Waals surface area contributed by atoms with Gasteiger partial charge in [0.15, 0.2) is 0 Å². The highest BCUT2D eigenvalue weighted by atomic mass is 127. The van der Waals surface area contributed by atoms with E-state index in [0.717, 1.165) is 3.57 Å². The highest BCUT2D eigenvalue weighted by Gasteiger charge is 2.12. The lowest BCUT2D eigenvalue weighted by Gasteiger charge is -2.09. The number of rotatable bonds is 4. The number of hydrogen-bond acceptors (Lipinski definition) is 4. The molecule has 0 fully saturated rings. The minimum absolute atomic E-state index is 0.128. The second kappa shape index (κ2) is 6.03. The Bertz CT molecular complexity index is 379. The molecular weight excluding hydrogens is 321 g/mol. The predicted molar refractivity (Wildman–Crippen MR) is 68.7 cm³/mol. The number of esters is 1. The molecule has 0 N–H and O–H groups in total. The largest absolute Gasteiger partial charge is 0.477 e. The SMILES string of the molecule is CCOc1ncc(C(=O)OC(C)C)cc1I. The van der Waals surface area contributed by atoms with Crippen LogP contribution in [0, 0.1) is 3.57 Å². The maximum atomic E-state index is 11.6. The Morgan fingerprint density at radius 2 is 2.25 bits per heavy atom. The Balaban J connectivity index is 2.84. The summed E-state index contributed by atoms with van der Waals surface area (Å²) in [7, 11) is 0. The fourth-order valence-electron chi connectivity index (χ4n) is 1.06. The summed E-state index contributed by atoms with van der Waals surface area (Å²) in [5.41, 5.74) is 0.446. The lowest BCUT2D eigenvalue weighted by Crippen LogP contribution is -2.12. The molecule has 0 aromatic carbocycles. The monoisotopic (exact) mass is 335 g/mol. The van der Waals surface area contributed by atoms with Crippen molar-refractivity contribution in [3.05, 3.63) is 21.4 Å². The molecule has 0 saturated carbocycles. The van der Waals surface area contributed by atoms with Gasteiger partial charge in [0.05, 0.1) is 21.8 Å². The summed E-state index contributed by atoms with van der Waals surface area (Å²) in [4.78, 5) is 15.6. The van der Waals surface area contributed by atoms with Crippen LogP contribution in [0.5, 0.6) is 5.88 Å². The Kier molecular flexibility index (Phi) is 4.98. The van der Waals surface area contributed by atoms with Crippen molar-refractivity contribution < 1.29 is 14.3 Å². The molecule has 5 heteroatoms. The van der Waals surface area contributed by atoms with Gasteiger partial charge in [-0.25, -0.2) is 9.78 Å². The van der Waals surface area contributed by atoms with Gasteiger partial charge in [0.2, 0.25) is 5.88 Å². The van der Waals surface area contributed by atoms with Crippen LogP contribution in [0.2, 0.25) is 0 Å². The maximum Gasteiger partial charge on any atom is 0.339 e. The van der Waals surface area contributed by atoms with Gasteiger partial charge in [0, 0.05) is 6.20 Å². The van der Waals surface area contributed by atoms with E-state index in [0.29, 0.717) is 18.1 Å². The van der Waals surface area contributed by atoms with E-state index >= 15 is 0 Å². The maximum absolute atomic E-state index is 11.6. The lowest BCUT2D eigenvalue weighted by molar-refractivity contribution is 0.0377. The summed E-state index contributed by atoms with van der Waals surface area (Å²) in [6, 6.07) is 1.71. The fraction of sp³-hybridized carbons (Fsp3) is 0.455. The molecule has 1 heterocycles. The second-order valence-corrected chi connectivity index (χ2v) is 4.56. The highest BCUT2D eigenvalue weighted by molar-refractivity contribution is 14.1. The molecule has 1 rings (SSSR count). The lowest BCUT2D eigenvalue weighted by atomic mass is 10.3. The van der Waals surface area contributed by atoms with Crippen LogP contribution in [-0.2, 0) is 4.74 Å². The van der Waals surface area contributed by atoms with Gasteiger partial charge in [-0.2, -0.15) is 0 Å². The van der Waals surface area contributed by atoms with Crippen molar-refractivity contribution in [1.29, 1.82) is 0 Å². The van der Waals surface area contributed by atoms with Crippen LogP contribution in [0.25, 0.3) is 0 Å². The highest BCUT2D eigenvalue weighted by Crippen LogP contribution is 2.19. The quantitative estimate of drug-likeness (QED) is 0.627. The van der Waals surface area contributed by atoms with Gasteiger partial charge in [-0.05, 0) is 49.4 Å². The van der Waals surface area contributed by atoms with E-state index in [1.807, 2.05) is 20.8 Å². The predicted octanol–water partition coefficient (Wildman–Crippen LogP) is 2.65. The molecule has 0 radical (unpaired) electrons. The van der Waals surface area contributed by atoms with Gasteiger partial charge >= 0.3 is 5.97 Å². The topological polar surface area (TPSA) is 48.4 Å². The number of aromatic nitrogens is 1. The van der Waals surface area contributed by atoms with E-state index in [1.54, 1.807) is 6.07 Å². The molecule has 16 heavy (non-hydrogen) atoms. The number of carbonyl (C=O) groups excluding carboxylic acids is 1. The Morgan fingerprint density at radius 3 is 2.75 bits per heavy atom. The molecule has 0 bridgehead atoms. The number of hydrogen-bond donors (Lipinski definition) is 0. The standard InChI is InChI=1S/C11H14INO3/c1-4-15-10-9(12)5-8(6-13-10)11(14)16-7(2)3/h5-7H,4H2,1-3H3. The van der Waals surface area contributed by atoms with E-state index in [4.69, 9.17) is 9.47 Å². The van der Waals surface area contributed by atoms with E-state index in [2.05, 4.69) is 27.6 Å². The molecular formula is C11H14INO3. The molecule has 0 saturated heterocycles. The summed E-state index contributed by atoms with van der Waals surface area (Å²) in [5.74, 6) is 0.188. The summed E-state index contributed by atoms with van der Waals surface area (Å²) in [6.07, 6.45) is 1.34. The van der Waals surface area contributed by atoms with Crippen molar-refractivity contribution in [1.82, 2.24) is 4.98 Å². The van der Waals surface area contributed by atoms with Gasteiger partial charge in [-0.3, -0.25) is 0 Å². The molecule has 0 aliphatic rings. The van der Waals surface area contributed by atoms with Gasteiger partial charge in [0.25, 0.3) is 0 Å². The molecule has 0 unspecified atom stereocenters. The molecule has 0 amide bonds. The van der Waals surface area contributed by atoms with Crippen LogP contribution in [0.4, 0.5) is 0 Å². The van der Waals surface area contributed by atoms with Gasteiger partial charge in [-0.15, -0.1) is 0 Å². The minimum Gasteiger partial charge on any atom is -0.477 e. The first-order valence-electron chi connectivity index (χ1n) is 5.04. The van der Waals surface area contributed by atoms with E-state index in [-0.39, 0.29) is 12.1 Å². The van der Waals surface area contributed by atoms with Crippen LogP contribution >= 0.6 is 22.6 Å². The van der Waals surface area contributed by atoms with Crippen LogP contribution in [0.1, 0.15) is 31.1 Å². The summed E-state index contributed by atoms with van der Waals surface area (Å²) >= 11 is 2.08. The van der Waals surface area contributed by atoms with E-state index < -0.39 is 0 Å². The molecule has 0 spiro atoms. The number of pyridine rings is 1. The number of nitrogens with zero attached hydrogens (tertiary/aromatic N) is 1. The number of ether oxygens (including phenoxy) is 2. The summed E-state index contributed by atoms with van der Waals surface area (Å²) in [6.45, 7) is 6.06. The van der Waals surface area contributed by atoms with Gasteiger partial charge in [0.1, 0.15) is 0 Å². The van der Waals surface area contributed by atoms with Gasteiger partial charge in [-0.1, -0.05) is 0 Å². The van der Waals surface area contributed by atoms with Crippen molar-refractivity contribution in [3.63, 3.8) is 0 Å². The molecule has 1 aromatic rings. The molecule has 0 aliphatic heterocycles. The van der Waals surface area contributed by atoms with Crippen LogP contribution in [0.15, 0.2) is 12.3 Å². The number of halogens is 1. The smallest absolute Gasteiger partial charge is 0.339 e. The average molecular weight is 335 g/mol. The summed E-state index contributed by atoms with van der Waals surface area (Å²) in [5, 5.41) is 0. The van der Waals surface area contributed by atoms with Crippen molar-refractivity contribution in [3.8, 4) is 5.88 Å². The summed E-state index contributed by atoms with van der Waals surface area (Å²) < 4.78 is 11.2. The zero-order chi connectivity index (χ0) is 12.1. The Hall–Kier alpha value is -0.850. The first kappa shape index (κ1) is 13.2.